The molecule has 0 bridgehead atoms. The lowest BCUT2D eigenvalue weighted by Crippen LogP contribution is -2.21. The number of hydrogen-bond donors (Lipinski definition) is 3. The maximum atomic E-state index is 11.1. The van der Waals surface area contributed by atoms with Crippen molar-refractivity contribution in [2.75, 3.05) is 0 Å². The van der Waals surface area contributed by atoms with Crippen LogP contribution in [0, 0.1) is 0 Å². The summed E-state index contributed by atoms with van der Waals surface area (Å²) in [5.41, 5.74) is 8.36. The molecule has 6 nitrogen and oxygen atoms in total. The van der Waals surface area contributed by atoms with Crippen molar-refractivity contribution in [1.29, 1.82) is 0 Å². The van der Waals surface area contributed by atoms with Gasteiger partial charge in [-0.2, -0.15) is 13.2 Å². The van der Waals surface area contributed by atoms with Crippen molar-refractivity contribution >= 4 is 22.9 Å². The maximum Gasteiger partial charge on any atom is 0.490 e. The fourth-order valence-electron chi connectivity index (χ4n) is 1.90. The molecule has 9 heteroatoms. The average Bonchev–Trinajstić information content (AvgIpc) is 2.98. The van der Waals surface area contributed by atoms with Crippen LogP contribution < -0.4 is 5.73 Å². The number of primary amides is 1. The Hall–Kier alpha value is -3.36. The number of nitrogens with one attached hydrogen (secondary N) is 1. The number of carboxylic acids is 1. The van der Waals surface area contributed by atoms with E-state index >= 15 is 0 Å². The number of nitrogens with zero attached hydrogens (tertiary/aromatic N) is 1. The minimum absolute atomic E-state index is 0.437. The first kappa shape index (κ1) is 18.0. The molecule has 0 unspecified atom stereocenters. The molecule has 0 fully saturated rings. The lowest BCUT2D eigenvalue weighted by atomic mass is 10.2. The Kier molecular flexibility index (Phi) is 5.06. The van der Waals surface area contributed by atoms with Gasteiger partial charge in [-0.25, -0.2) is 9.78 Å². The number of amides is 1. The third-order valence-electron chi connectivity index (χ3n) is 3.06. The van der Waals surface area contributed by atoms with Gasteiger partial charge in [-0.15, -0.1) is 0 Å². The zero-order valence-corrected chi connectivity index (χ0v) is 12.5. The smallest absolute Gasteiger partial charge is 0.475 e. The number of carbonyl (C=O) groups excluding carboxylic acids is 1. The first-order valence-electron chi connectivity index (χ1n) is 6.83. The highest BCUT2D eigenvalue weighted by Gasteiger charge is 2.38. The molecular weight excluding hydrogens is 339 g/mol. The zero-order valence-electron chi connectivity index (χ0n) is 12.5. The summed E-state index contributed by atoms with van der Waals surface area (Å²) in [6, 6.07) is 15.0. The third kappa shape index (κ3) is 4.56. The molecule has 1 amide bonds. The van der Waals surface area contributed by atoms with E-state index in [1.807, 2.05) is 30.3 Å². The molecule has 0 atom stereocenters. The summed E-state index contributed by atoms with van der Waals surface area (Å²) in [6.45, 7) is 0. The number of fused-ring (bicyclic) bond motifs is 1. The van der Waals surface area contributed by atoms with Crippen LogP contribution in [0.15, 0.2) is 48.5 Å². The first-order valence-corrected chi connectivity index (χ1v) is 6.83. The van der Waals surface area contributed by atoms with Crippen molar-refractivity contribution < 1.29 is 27.9 Å². The first-order chi connectivity index (χ1) is 11.7. The van der Waals surface area contributed by atoms with Crippen molar-refractivity contribution in [2.24, 2.45) is 5.73 Å². The van der Waals surface area contributed by atoms with Gasteiger partial charge < -0.3 is 15.8 Å². The number of hydrogen-bond acceptors (Lipinski definition) is 3. The summed E-state index contributed by atoms with van der Waals surface area (Å²) in [7, 11) is 0. The van der Waals surface area contributed by atoms with Gasteiger partial charge in [0.25, 0.3) is 0 Å². The van der Waals surface area contributed by atoms with Crippen LogP contribution in [0.5, 0.6) is 0 Å². The molecule has 0 radical (unpaired) electrons. The molecule has 4 N–H and O–H groups in total. The molecule has 25 heavy (non-hydrogen) atoms. The summed E-state index contributed by atoms with van der Waals surface area (Å²) < 4.78 is 31.7. The van der Waals surface area contributed by atoms with Gasteiger partial charge >= 0.3 is 12.1 Å². The Morgan fingerprint density at radius 3 is 2.20 bits per heavy atom. The van der Waals surface area contributed by atoms with Crippen LogP contribution in [0.2, 0.25) is 0 Å². The monoisotopic (exact) mass is 351 g/mol. The summed E-state index contributed by atoms with van der Waals surface area (Å²) in [5.74, 6) is -2.41. The van der Waals surface area contributed by atoms with E-state index in [-0.39, 0.29) is 0 Å². The Morgan fingerprint density at radius 2 is 1.68 bits per heavy atom. The van der Waals surface area contributed by atoms with Gasteiger partial charge in [0.2, 0.25) is 5.91 Å². The minimum atomic E-state index is -5.08. The normalized spacial score (nSPS) is 10.8. The number of rotatable bonds is 2. The molecule has 0 aliphatic rings. The number of aromatic nitrogens is 2. The van der Waals surface area contributed by atoms with E-state index in [9.17, 15) is 18.0 Å². The van der Waals surface area contributed by atoms with Crippen LogP contribution in [0.1, 0.15) is 10.4 Å². The van der Waals surface area contributed by atoms with Crippen molar-refractivity contribution in [3.05, 3.63) is 54.1 Å². The average molecular weight is 351 g/mol. The number of carbonyl (C=O) groups is 2. The molecule has 0 spiro atoms. The highest BCUT2D eigenvalue weighted by Crippen LogP contribution is 2.20. The summed E-state index contributed by atoms with van der Waals surface area (Å²) >= 11 is 0. The second-order valence-electron chi connectivity index (χ2n) is 4.85. The molecule has 0 aliphatic carbocycles. The lowest BCUT2D eigenvalue weighted by Gasteiger charge is -1.94. The van der Waals surface area contributed by atoms with E-state index in [2.05, 4.69) is 9.97 Å². The quantitative estimate of drug-likeness (QED) is 0.659. The number of benzene rings is 2. The highest BCUT2D eigenvalue weighted by molar-refractivity contribution is 5.96. The number of aliphatic carboxylic acids is 1. The van der Waals surface area contributed by atoms with Gasteiger partial charge in [-0.05, 0) is 18.2 Å². The van der Waals surface area contributed by atoms with E-state index in [0.717, 1.165) is 22.4 Å². The summed E-state index contributed by atoms with van der Waals surface area (Å²) in [6.07, 6.45) is -5.08. The Labute approximate surface area is 139 Å². The highest BCUT2D eigenvalue weighted by atomic mass is 19.4. The topological polar surface area (TPSA) is 109 Å². The van der Waals surface area contributed by atoms with E-state index in [4.69, 9.17) is 15.6 Å². The zero-order chi connectivity index (χ0) is 18.6. The molecule has 1 aromatic heterocycles. The summed E-state index contributed by atoms with van der Waals surface area (Å²) in [4.78, 5) is 27.7. The molecule has 3 aromatic rings. The SMILES string of the molecule is NC(=O)c1ccc2nc(-c3ccccc3)[nH]c2c1.O=C(O)C(F)(F)F. The van der Waals surface area contributed by atoms with Gasteiger partial charge in [0, 0.05) is 11.1 Å². The molecule has 0 saturated carbocycles. The number of carboxylic acid groups (broad SMARTS) is 1. The number of nitrogens with two attached hydrogens (primary N) is 1. The number of aromatic amines is 1. The molecular formula is C16H12F3N3O3. The maximum absolute atomic E-state index is 11.1. The molecule has 3 rings (SSSR count). The van der Waals surface area contributed by atoms with Gasteiger partial charge in [0.15, 0.2) is 0 Å². The van der Waals surface area contributed by atoms with Crippen LogP contribution in [0.4, 0.5) is 13.2 Å². The minimum Gasteiger partial charge on any atom is -0.475 e. The van der Waals surface area contributed by atoms with Crippen LogP contribution >= 0.6 is 0 Å². The standard InChI is InChI=1S/C14H11N3O.C2HF3O2/c15-13(18)10-6-7-11-12(8-10)17-14(16-11)9-4-2-1-3-5-9;3-2(4,5)1(6)7/h1-8H,(H2,15,18)(H,16,17);(H,6,7). The fourth-order valence-corrected chi connectivity index (χ4v) is 1.90. The Morgan fingerprint density at radius 1 is 1.08 bits per heavy atom. The van der Waals surface area contributed by atoms with Gasteiger partial charge in [0.1, 0.15) is 5.82 Å². The predicted octanol–water partition coefficient (Wildman–Crippen LogP) is 2.96. The Bertz CT molecular complexity index is 905. The van der Waals surface area contributed by atoms with E-state index in [1.165, 1.54) is 0 Å². The van der Waals surface area contributed by atoms with E-state index < -0.39 is 18.1 Å². The van der Waals surface area contributed by atoms with Crippen LogP contribution in [-0.4, -0.2) is 33.1 Å². The van der Waals surface area contributed by atoms with Crippen molar-refractivity contribution in [3.8, 4) is 11.4 Å². The molecule has 0 saturated heterocycles. The van der Waals surface area contributed by atoms with Gasteiger partial charge in [-0.3, -0.25) is 4.79 Å². The van der Waals surface area contributed by atoms with Crippen LogP contribution in [-0.2, 0) is 4.79 Å². The molecule has 1 heterocycles. The fraction of sp³-hybridized carbons (Fsp3) is 0.0625. The number of alkyl halides is 3. The molecule has 130 valence electrons. The largest absolute Gasteiger partial charge is 0.490 e. The van der Waals surface area contributed by atoms with E-state index in [0.29, 0.717) is 5.56 Å². The number of imidazole rings is 1. The predicted molar refractivity (Wildman–Crippen MR) is 83.7 cm³/mol. The van der Waals surface area contributed by atoms with Crippen molar-refractivity contribution in [2.45, 2.75) is 6.18 Å². The van der Waals surface area contributed by atoms with Crippen molar-refractivity contribution in [1.82, 2.24) is 9.97 Å². The van der Waals surface area contributed by atoms with Crippen molar-refractivity contribution in [3.63, 3.8) is 0 Å². The number of H-pyrrole nitrogens is 1. The number of halogens is 3. The molecule has 2 aromatic carbocycles. The summed E-state index contributed by atoms with van der Waals surface area (Å²) in [5, 5.41) is 7.12. The van der Waals surface area contributed by atoms with Crippen LogP contribution in [0.25, 0.3) is 22.4 Å². The second kappa shape index (κ2) is 7.04. The third-order valence-corrected chi connectivity index (χ3v) is 3.06. The van der Waals surface area contributed by atoms with E-state index in [1.54, 1.807) is 18.2 Å². The van der Waals surface area contributed by atoms with Crippen LogP contribution in [0.3, 0.4) is 0 Å². The Balaban J connectivity index is 0.000000277. The molecule has 0 aliphatic heterocycles. The lowest BCUT2D eigenvalue weighted by molar-refractivity contribution is -0.192. The van der Waals surface area contributed by atoms with Gasteiger partial charge in [0.05, 0.1) is 11.0 Å². The second-order valence-corrected chi connectivity index (χ2v) is 4.85. The van der Waals surface area contributed by atoms with Gasteiger partial charge in [-0.1, -0.05) is 30.3 Å².